The average molecular weight is 600 g/mol. The lowest BCUT2D eigenvalue weighted by Crippen LogP contribution is -2.62. The van der Waals surface area contributed by atoms with Crippen LogP contribution in [-0.2, 0) is 16.1 Å². The van der Waals surface area contributed by atoms with E-state index in [1.165, 1.54) is 6.07 Å². The maximum atomic E-state index is 13.9. The number of amides is 4. The van der Waals surface area contributed by atoms with E-state index in [0.717, 1.165) is 12.1 Å². The van der Waals surface area contributed by atoms with Gasteiger partial charge in [-0.25, -0.2) is 13.6 Å². The summed E-state index contributed by atoms with van der Waals surface area (Å²) in [6.07, 6.45) is 1.33. The molecule has 3 N–H and O–H groups in total. The highest BCUT2D eigenvalue weighted by atomic mass is 19.2. The molecule has 232 valence electrons. The molecule has 3 aliphatic heterocycles. The molecule has 0 unspecified atom stereocenters. The van der Waals surface area contributed by atoms with Gasteiger partial charge in [-0.3, -0.25) is 14.5 Å². The van der Waals surface area contributed by atoms with Gasteiger partial charge in [0.2, 0.25) is 5.91 Å². The number of nitrogens with one attached hydrogen (secondary N) is 3. The molecule has 10 nitrogen and oxygen atoms in total. The van der Waals surface area contributed by atoms with Gasteiger partial charge in [0.15, 0.2) is 11.6 Å². The number of para-hydroxylation sites is 1. The number of nitrogens with zero attached hydrogens (tertiary/aromatic N) is 2. The molecule has 0 spiro atoms. The number of benzene rings is 2. The number of carbonyl (C=O) groups is 3. The van der Waals surface area contributed by atoms with E-state index in [2.05, 4.69) is 16.0 Å². The minimum absolute atomic E-state index is 0.0369. The van der Waals surface area contributed by atoms with Crippen LogP contribution in [0.4, 0.5) is 13.6 Å². The zero-order chi connectivity index (χ0) is 30.5. The number of piperazine rings is 1. The molecule has 2 bridgehead atoms. The molecule has 3 aliphatic rings. The lowest BCUT2D eigenvalue weighted by atomic mass is 9.96. The van der Waals surface area contributed by atoms with Crippen molar-refractivity contribution in [2.75, 3.05) is 32.8 Å². The lowest BCUT2D eigenvalue weighted by Gasteiger charge is -2.42. The molecule has 0 aromatic heterocycles. The van der Waals surface area contributed by atoms with E-state index in [0.29, 0.717) is 49.3 Å². The van der Waals surface area contributed by atoms with Crippen LogP contribution in [0.15, 0.2) is 42.5 Å². The predicted octanol–water partition coefficient (Wildman–Crippen LogP) is 2.81. The van der Waals surface area contributed by atoms with E-state index in [1.54, 1.807) is 29.2 Å². The van der Waals surface area contributed by atoms with Gasteiger partial charge in [-0.2, -0.15) is 0 Å². The first-order chi connectivity index (χ1) is 20.7. The Morgan fingerprint density at radius 1 is 1.07 bits per heavy atom. The second-order valence-corrected chi connectivity index (χ2v) is 11.6. The molecule has 2 aromatic carbocycles. The van der Waals surface area contributed by atoms with E-state index >= 15 is 0 Å². The minimum atomic E-state index is -0.935. The van der Waals surface area contributed by atoms with E-state index in [9.17, 15) is 23.2 Å². The first-order valence-electron chi connectivity index (χ1n) is 14.9. The summed E-state index contributed by atoms with van der Waals surface area (Å²) in [5.41, 5.74) is 0.934. The minimum Gasteiger partial charge on any atom is -0.493 e. The van der Waals surface area contributed by atoms with Gasteiger partial charge in [-0.1, -0.05) is 18.2 Å². The Balaban J connectivity index is 1.38. The molecule has 4 amide bonds. The van der Waals surface area contributed by atoms with Crippen molar-refractivity contribution >= 4 is 17.8 Å². The van der Waals surface area contributed by atoms with Gasteiger partial charge in [0.1, 0.15) is 11.8 Å². The number of urea groups is 1. The summed E-state index contributed by atoms with van der Waals surface area (Å²) in [6.45, 7) is 5.38. The molecule has 4 atom stereocenters. The average Bonchev–Trinajstić information content (AvgIpc) is 2.98. The molecule has 12 heteroatoms. The molecule has 2 saturated heterocycles. The molecule has 0 aliphatic carbocycles. The SMILES string of the molecule is CC(C)NC(=O)N[C@@H]1CC[C@H]2CCOc3ccccc3C(=O)N3CCN(Cc4ccc(F)c(F)c4)C[C@H]3C(=O)NC[C@H]1O2. The molecule has 0 saturated carbocycles. The monoisotopic (exact) mass is 599 g/mol. The Morgan fingerprint density at radius 2 is 1.88 bits per heavy atom. The standard InChI is InChI=1S/C31H39F2N5O5/c1-19(2)35-31(41)36-25-10-8-21-11-14-42-27-6-4-3-5-22(27)30(40)38-13-12-37(17-20-7-9-23(32)24(33)15-20)18-26(38)29(39)34-16-28(25)43-21/h3-7,9,15,19,21,25-26,28H,8,10-14,16-18H2,1-2H3,(H,34,39)(H2,35,36,41)/t21-,25+,26-,28+/m0/s1. The second kappa shape index (κ2) is 13.7. The fraction of sp³-hybridized carbons (Fsp3) is 0.516. The Labute approximate surface area is 250 Å². The summed E-state index contributed by atoms with van der Waals surface area (Å²) in [7, 11) is 0. The van der Waals surface area contributed by atoms with E-state index < -0.39 is 23.8 Å². The van der Waals surface area contributed by atoms with E-state index in [1.807, 2.05) is 18.7 Å². The highest BCUT2D eigenvalue weighted by molar-refractivity contribution is 6.00. The molecular formula is C31H39F2N5O5. The van der Waals surface area contributed by atoms with E-state index in [-0.39, 0.29) is 62.2 Å². The molecule has 43 heavy (non-hydrogen) atoms. The number of carbonyl (C=O) groups excluding carboxylic acids is 3. The lowest BCUT2D eigenvalue weighted by molar-refractivity contribution is -0.130. The number of halogens is 2. The van der Waals surface area contributed by atoms with Gasteiger partial charge in [-0.15, -0.1) is 0 Å². The zero-order valence-electron chi connectivity index (χ0n) is 24.5. The third-order valence-electron chi connectivity index (χ3n) is 8.06. The van der Waals surface area contributed by atoms with Gasteiger partial charge in [0.25, 0.3) is 5.91 Å². The van der Waals surface area contributed by atoms with Gasteiger partial charge in [0, 0.05) is 45.2 Å². The van der Waals surface area contributed by atoms with Crippen molar-refractivity contribution in [3.63, 3.8) is 0 Å². The van der Waals surface area contributed by atoms with Crippen molar-refractivity contribution in [1.29, 1.82) is 0 Å². The molecular weight excluding hydrogens is 560 g/mol. The first kappa shape index (κ1) is 30.7. The molecule has 3 heterocycles. The van der Waals surface area contributed by atoms with Crippen molar-refractivity contribution in [2.24, 2.45) is 0 Å². The fourth-order valence-electron chi connectivity index (χ4n) is 5.89. The Kier molecular flexibility index (Phi) is 9.76. The summed E-state index contributed by atoms with van der Waals surface area (Å²) in [4.78, 5) is 43.6. The quantitative estimate of drug-likeness (QED) is 0.499. The van der Waals surface area contributed by atoms with E-state index in [4.69, 9.17) is 9.47 Å². The highest BCUT2D eigenvalue weighted by Crippen LogP contribution is 2.26. The number of hydrogen-bond donors (Lipinski definition) is 3. The van der Waals surface area contributed by atoms with Crippen molar-refractivity contribution in [3.05, 3.63) is 65.2 Å². The summed E-state index contributed by atoms with van der Waals surface area (Å²) >= 11 is 0. The maximum absolute atomic E-state index is 13.9. The third-order valence-corrected chi connectivity index (χ3v) is 8.06. The van der Waals surface area contributed by atoms with Crippen LogP contribution in [0.25, 0.3) is 0 Å². The summed E-state index contributed by atoms with van der Waals surface area (Å²) in [6, 6.07) is 9.21. The van der Waals surface area contributed by atoms with Crippen LogP contribution in [0, 0.1) is 11.6 Å². The maximum Gasteiger partial charge on any atom is 0.315 e. The van der Waals surface area contributed by atoms with Crippen LogP contribution in [0.3, 0.4) is 0 Å². The van der Waals surface area contributed by atoms with Gasteiger partial charge < -0.3 is 30.3 Å². The number of rotatable bonds is 4. The van der Waals surface area contributed by atoms with Crippen LogP contribution in [0.2, 0.25) is 0 Å². The Morgan fingerprint density at radius 3 is 2.67 bits per heavy atom. The van der Waals surface area contributed by atoms with Crippen molar-refractivity contribution in [3.8, 4) is 5.75 Å². The summed E-state index contributed by atoms with van der Waals surface area (Å²) in [5.74, 6) is -2.11. The number of fused-ring (bicyclic) bond motifs is 4. The van der Waals surface area contributed by atoms with Crippen molar-refractivity contribution in [2.45, 2.75) is 70.0 Å². The molecule has 2 fully saturated rings. The summed E-state index contributed by atoms with van der Waals surface area (Å²) in [5, 5.41) is 8.80. The normalized spacial score (nSPS) is 25.1. The van der Waals surface area contributed by atoms with Crippen LogP contribution >= 0.6 is 0 Å². The second-order valence-electron chi connectivity index (χ2n) is 11.6. The fourth-order valence-corrected chi connectivity index (χ4v) is 5.89. The van der Waals surface area contributed by atoms with Crippen LogP contribution in [0.1, 0.15) is 49.0 Å². The van der Waals surface area contributed by atoms with Crippen molar-refractivity contribution < 1.29 is 32.6 Å². The highest BCUT2D eigenvalue weighted by Gasteiger charge is 2.39. The molecule has 5 rings (SSSR count). The number of ether oxygens (including phenoxy) is 2. The Hall–Kier alpha value is -3.77. The van der Waals surface area contributed by atoms with Crippen LogP contribution in [0.5, 0.6) is 5.75 Å². The zero-order valence-corrected chi connectivity index (χ0v) is 24.5. The van der Waals surface area contributed by atoms with Crippen LogP contribution < -0.4 is 20.7 Å². The Bertz CT molecular complexity index is 1330. The smallest absolute Gasteiger partial charge is 0.315 e. The largest absolute Gasteiger partial charge is 0.493 e. The predicted molar refractivity (Wildman–Crippen MR) is 155 cm³/mol. The van der Waals surface area contributed by atoms with Crippen LogP contribution in [-0.4, -0.2) is 90.8 Å². The summed E-state index contributed by atoms with van der Waals surface area (Å²) < 4.78 is 39.8. The van der Waals surface area contributed by atoms with Gasteiger partial charge in [-0.05, 0) is 56.5 Å². The van der Waals surface area contributed by atoms with Crippen molar-refractivity contribution in [1.82, 2.24) is 25.8 Å². The molecule has 2 aromatic rings. The first-order valence-corrected chi connectivity index (χ1v) is 14.9. The number of hydrogen-bond acceptors (Lipinski definition) is 6. The van der Waals surface area contributed by atoms with Gasteiger partial charge in [0.05, 0.1) is 30.4 Å². The van der Waals surface area contributed by atoms with Gasteiger partial charge >= 0.3 is 6.03 Å². The topological polar surface area (TPSA) is 112 Å². The molecule has 0 radical (unpaired) electrons. The third kappa shape index (κ3) is 7.61.